The molecule has 98 heavy (non-hydrogen) atoms. The smallest absolute Gasteiger partial charge is 0.462 e. The van der Waals surface area contributed by atoms with Crippen LogP contribution in [-0.2, 0) is 65.4 Å². The average Bonchev–Trinajstić information content (AvgIpc) is 1.12. The molecule has 5 atom stereocenters. The van der Waals surface area contributed by atoms with E-state index in [9.17, 15) is 43.2 Å². The molecule has 0 aromatic carbocycles. The van der Waals surface area contributed by atoms with Crippen LogP contribution in [0.1, 0.15) is 426 Å². The van der Waals surface area contributed by atoms with E-state index < -0.39 is 97.5 Å². The van der Waals surface area contributed by atoms with E-state index in [1.54, 1.807) is 0 Å². The van der Waals surface area contributed by atoms with Crippen LogP contribution in [0.2, 0.25) is 0 Å². The molecule has 0 amide bonds. The van der Waals surface area contributed by atoms with Gasteiger partial charge in [-0.05, 0) is 25.7 Å². The van der Waals surface area contributed by atoms with Crippen LogP contribution >= 0.6 is 15.6 Å². The Kier molecular flexibility index (Phi) is 71.9. The molecule has 0 aromatic heterocycles. The summed E-state index contributed by atoms with van der Waals surface area (Å²) in [6, 6.07) is 0. The summed E-state index contributed by atoms with van der Waals surface area (Å²) >= 11 is 0. The third kappa shape index (κ3) is 72.4. The number of hydrogen-bond donors (Lipinski definition) is 3. The Labute approximate surface area is 600 Å². The van der Waals surface area contributed by atoms with E-state index in [1.165, 1.54) is 257 Å². The van der Waals surface area contributed by atoms with Gasteiger partial charge in [0.05, 0.1) is 26.4 Å². The van der Waals surface area contributed by atoms with Crippen LogP contribution in [0.5, 0.6) is 0 Å². The van der Waals surface area contributed by atoms with E-state index in [2.05, 4.69) is 27.7 Å². The summed E-state index contributed by atoms with van der Waals surface area (Å²) in [4.78, 5) is 72.9. The minimum absolute atomic E-state index is 0.109. The first kappa shape index (κ1) is 96.1. The third-order valence-electron chi connectivity index (χ3n) is 18.6. The highest BCUT2D eigenvalue weighted by Crippen LogP contribution is 2.45. The highest BCUT2D eigenvalue weighted by Gasteiger charge is 2.30. The summed E-state index contributed by atoms with van der Waals surface area (Å²) in [5.41, 5.74) is 0. The average molecular weight is 1440 g/mol. The fourth-order valence-corrected chi connectivity index (χ4v) is 13.9. The van der Waals surface area contributed by atoms with Crippen molar-refractivity contribution < 1.29 is 80.2 Å². The minimum Gasteiger partial charge on any atom is -0.462 e. The first-order chi connectivity index (χ1) is 47.7. The molecule has 0 aliphatic heterocycles. The van der Waals surface area contributed by atoms with Crippen molar-refractivity contribution in [2.75, 3.05) is 39.6 Å². The molecule has 19 heteroatoms. The van der Waals surface area contributed by atoms with Gasteiger partial charge in [0.25, 0.3) is 0 Å². The summed E-state index contributed by atoms with van der Waals surface area (Å²) < 4.78 is 68.6. The molecule has 3 N–H and O–H groups in total. The van der Waals surface area contributed by atoms with Crippen LogP contribution in [0.3, 0.4) is 0 Å². The lowest BCUT2D eigenvalue weighted by molar-refractivity contribution is -0.161. The number of aliphatic hydroxyl groups excluding tert-OH is 1. The van der Waals surface area contributed by atoms with Crippen LogP contribution in [0.25, 0.3) is 0 Å². The van der Waals surface area contributed by atoms with E-state index in [1.807, 2.05) is 0 Å². The minimum atomic E-state index is -4.96. The highest BCUT2D eigenvalue weighted by molar-refractivity contribution is 7.47. The number of unbranched alkanes of at least 4 members (excludes halogenated alkanes) is 54. The standard InChI is InChI=1S/C79H154O17P2/c1-5-9-13-17-21-25-28-31-34-35-36-37-38-40-43-46-50-54-58-62-66-79(84)96-75(70-90-77(82)64-60-56-52-48-44-42-39-32-29-26-22-18-14-10-6-2)72-94-98(87,88)92-68-73(80)67-91-97(85,86)93-71-74(69-89-76(81)63-59-55-51-47-24-20-16-12-8-4)95-78(83)65-61-57-53-49-45-41-33-30-27-23-19-15-11-7-3/h73-75,80H,5-72H2,1-4H3,(H,85,86)(H,87,88)/t73-,74+,75+/m0/s1. The molecule has 0 aliphatic carbocycles. The second-order valence-electron chi connectivity index (χ2n) is 28.5. The van der Waals surface area contributed by atoms with E-state index in [4.69, 9.17) is 37.0 Å². The molecule has 0 heterocycles. The number of phosphoric ester groups is 2. The van der Waals surface area contributed by atoms with E-state index >= 15 is 0 Å². The number of esters is 4. The largest absolute Gasteiger partial charge is 0.472 e. The van der Waals surface area contributed by atoms with Crippen LogP contribution in [-0.4, -0.2) is 96.7 Å². The Balaban J connectivity index is 5.21. The number of carbonyl (C=O) groups is 4. The molecule has 0 fully saturated rings. The predicted octanol–water partition coefficient (Wildman–Crippen LogP) is 23.8. The Morgan fingerprint density at radius 3 is 0.602 bits per heavy atom. The van der Waals surface area contributed by atoms with Gasteiger partial charge in [-0.1, -0.05) is 374 Å². The van der Waals surface area contributed by atoms with Crippen LogP contribution in [0, 0.1) is 0 Å². The lowest BCUT2D eigenvalue weighted by Gasteiger charge is -2.21. The summed E-state index contributed by atoms with van der Waals surface area (Å²) in [7, 11) is -9.91. The van der Waals surface area contributed by atoms with Crippen molar-refractivity contribution in [2.24, 2.45) is 0 Å². The predicted molar refractivity (Wildman–Crippen MR) is 400 cm³/mol. The molecular formula is C79H154O17P2. The zero-order valence-corrected chi connectivity index (χ0v) is 65.6. The lowest BCUT2D eigenvalue weighted by atomic mass is 10.0. The first-order valence-electron chi connectivity index (χ1n) is 41.3. The monoisotopic (exact) mass is 1440 g/mol. The van der Waals surface area contributed by atoms with Crippen LogP contribution in [0.15, 0.2) is 0 Å². The maximum absolute atomic E-state index is 13.1. The number of hydrogen-bond acceptors (Lipinski definition) is 15. The summed E-state index contributed by atoms with van der Waals surface area (Å²) in [5, 5.41) is 10.6. The number of phosphoric acid groups is 2. The van der Waals surface area contributed by atoms with Crippen molar-refractivity contribution in [3.05, 3.63) is 0 Å². The number of rotatable bonds is 80. The molecule has 582 valence electrons. The summed E-state index contributed by atoms with van der Waals surface area (Å²) in [6.07, 6.45) is 65.2. The molecule has 0 radical (unpaired) electrons. The van der Waals surface area contributed by atoms with Crippen LogP contribution < -0.4 is 0 Å². The van der Waals surface area contributed by atoms with Gasteiger partial charge < -0.3 is 33.8 Å². The van der Waals surface area contributed by atoms with Gasteiger partial charge in [-0.15, -0.1) is 0 Å². The molecule has 0 saturated carbocycles. The normalized spacial score (nSPS) is 13.8. The molecular weight excluding hydrogens is 1280 g/mol. The van der Waals surface area contributed by atoms with Crippen molar-refractivity contribution in [3.8, 4) is 0 Å². The topological polar surface area (TPSA) is 237 Å². The Bertz CT molecular complexity index is 1860. The molecule has 0 rings (SSSR count). The maximum Gasteiger partial charge on any atom is 0.472 e. The van der Waals surface area contributed by atoms with Crippen molar-refractivity contribution in [2.45, 2.75) is 444 Å². The van der Waals surface area contributed by atoms with Gasteiger partial charge in [0, 0.05) is 25.7 Å². The maximum atomic E-state index is 13.1. The van der Waals surface area contributed by atoms with E-state index in [0.717, 1.165) is 89.9 Å². The number of ether oxygens (including phenoxy) is 4. The van der Waals surface area contributed by atoms with E-state index in [-0.39, 0.29) is 25.7 Å². The molecule has 2 unspecified atom stereocenters. The third-order valence-corrected chi connectivity index (χ3v) is 20.5. The molecule has 0 bridgehead atoms. The van der Waals surface area contributed by atoms with Crippen molar-refractivity contribution in [1.82, 2.24) is 0 Å². The van der Waals surface area contributed by atoms with Crippen molar-refractivity contribution >= 4 is 39.5 Å². The summed E-state index contributed by atoms with van der Waals surface area (Å²) in [5.74, 6) is -2.11. The van der Waals surface area contributed by atoms with Crippen molar-refractivity contribution in [3.63, 3.8) is 0 Å². The van der Waals surface area contributed by atoms with E-state index in [0.29, 0.717) is 25.7 Å². The molecule has 0 saturated heterocycles. The lowest BCUT2D eigenvalue weighted by Crippen LogP contribution is -2.30. The molecule has 0 spiro atoms. The van der Waals surface area contributed by atoms with Gasteiger partial charge in [-0.3, -0.25) is 37.3 Å². The second kappa shape index (κ2) is 73.4. The molecule has 0 aliphatic rings. The number of aliphatic hydroxyl groups is 1. The van der Waals surface area contributed by atoms with Gasteiger partial charge in [-0.25, -0.2) is 9.13 Å². The zero-order valence-electron chi connectivity index (χ0n) is 63.8. The zero-order chi connectivity index (χ0) is 71.8. The quantitative estimate of drug-likeness (QED) is 0.0222. The van der Waals surface area contributed by atoms with Gasteiger partial charge in [-0.2, -0.15) is 0 Å². The Hall–Kier alpha value is -1.94. The fraction of sp³-hybridized carbons (Fsp3) is 0.949. The fourth-order valence-electron chi connectivity index (χ4n) is 12.3. The van der Waals surface area contributed by atoms with Crippen molar-refractivity contribution in [1.29, 1.82) is 0 Å². The van der Waals surface area contributed by atoms with Gasteiger partial charge >= 0.3 is 39.5 Å². The molecule has 0 aromatic rings. The highest BCUT2D eigenvalue weighted by atomic mass is 31.2. The van der Waals surface area contributed by atoms with Gasteiger partial charge in [0.2, 0.25) is 0 Å². The van der Waals surface area contributed by atoms with Gasteiger partial charge in [0.1, 0.15) is 19.3 Å². The second-order valence-corrected chi connectivity index (χ2v) is 31.4. The Morgan fingerprint density at radius 1 is 0.245 bits per heavy atom. The summed E-state index contributed by atoms with van der Waals surface area (Å²) in [6.45, 7) is 5.00. The van der Waals surface area contributed by atoms with Gasteiger partial charge in [0.15, 0.2) is 12.2 Å². The Morgan fingerprint density at radius 2 is 0.408 bits per heavy atom. The molecule has 17 nitrogen and oxygen atoms in total. The van der Waals surface area contributed by atoms with Crippen LogP contribution in [0.4, 0.5) is 0 Å². The SMILES string of the molecule is CCCCCCCCCCCCCCCCCCCCCCC(=O)O[C@H](COC(=O)CCCCCCCCCCCCCCCCC)COP(=O)(O)OC[C@@H](O)COP(=O)(O)OC[C@@H](COC(=O)CCCCCCCCCCC)OC(=O)CCCCCCCCCCCCCCCC. The first-order valence-corrected chi connectivity index (χ1v) is 44.3. The number of carbonyl (C=O) groups excluding carboxylic acids is 4.